The van der Waals surface area contributed by atoms with Crippen LogP contribution in [0.2, 0.25) is 0 Å². The van der Waals surface area contributed by atoms with Gasteiger partial charge in [0.05, 0.1) is 0 Å². The van der Waals surface area contributed by atoms with E-state index in [1.807, 2.05) is 18.2 Å². The zero-order valence-corrected chi connectivity index (χ0v) is 9.37. The van der Waals surface area contributed by atoms with Gasteiger partial charge in [-0.3, -0.25) is 9.59 Å². The summed E-state index contributed by atoms with van der Waals surface area (Å²) in [6.45, 7) is 2.32. The number of amides is 2. The first kappa shape index (κ1) is 11.4. The van der Waals surface area contributed by atoms with Crippen molar-refractivity contribution in [2.24, 2.45) is 5.73 Å². The van der Waals surface area contributed by atoms with E-state index in [0.29, 0.717) is 26.2 Å². The highest BCUT2D eigenvalue weighted by Crippen LogP contribution is 2.12. The van der Waals surface area contributed by atoms with Crippen molar-refractivity contribution < 1.29 is 9.59 Å². The summed E-state index contributed by atoms with van der Waals surface area (Å²) >= 11 is 0. The number of piperazine rings is 1. The van der Waals surface area contributed by atoms with Gasteiger partial charge < -0.3 is 15.5 Å². The highest BCUT2D eigenvalue weighted by atomic mass is 16.2. The maximum Gasteiger partial charge on any atom is 0.311 e. The SMILES string of the molecule is NC(=O)C(=O)N1CCN(c2ccccn2)CC1. The number of carbonyl (C=O) groups is 2. The molecule has 0 radical (unpaired) electrons. The minimum Gasteiger partial charge on any atom is -0.361 e. The molecule has 2 amide bonds. The van der Waals surface area contributed by atoms with Crippen molar-refractivity contribution in [2.45, 2.75) is 0 Å². The second kappa shape index (κ2) is 4.82. The van der Waals surface area contributed by atoms with Gasteiger partial charge in [0.15, 0.2) is 0 Å². The number of nitrogens with zero attached hydrogens (tertiary/aromatic N) is 3. The lowest BCUT2D eigenvalue weighted by molar-refractivity contribution is -0.144. The summed E-state index contributed by atoms with van der Waals surface area (Å²) in [4.78, 5) is 29.9. The standard InChI is InChI=1S/C11H14N4O2/c12-10(16)11(17)15-7-5-14(6-8-15)9-3-1-2-4-13-9/h1-4H,5-8H2,(H2,12,16). The van der Waals surface area contributed by atoms with E-state index < -0.39 is 11.8 Å². The number of pyridine rings is 1. The maximum absolute atomic E-state index is 11.4. The molecule has 2 N–H and O–H groups in total. The Kier molecular flexibility index (Phi) is 3.22. The van der Waals surface area contributed by atoms with E-state index in [2.05, 4.69) is 9.88 Å². The summed E-state index contributed by atoms with van der Waals surface area (Å²) < 4.78 is 0. The molecule has 1 aromatic rings. The van der Waals surface area contributed by atoms with Crippen LogP contribution in [0.25, 0.3) is 0 Å². The lowest BCUT2D eigenvalue weighted by Crippen LogP contribution is -2.52. The molecule has 1 aromatic heterocycles. The maximum atomic E-state index is 11.4. The summed E-state index contributed by atoms with van der Waals surface area (Å²) in [6, 6.07) is 5.70. The molecule has 2 heterocycles. The molecule has 0 spiro atoms. The molecule has 1 fully saturated rings. The Labute approximate surface area is 99.0 Å². The number of aromatic nitrogens is 1. The Morgan fingerprint density at radius 2 is 1.88 bits per heavy atom. The van der Waals surface area contributed by atoms with Crippen LogP contribution in [0.3, 0.4) is 0 Å². The summed E-state index contributed by atoms with van der Waals surface area (Å²) in [6.07, 6.45) is 1.73. The van der Waals surface area contributed by atoms with Gasteiger partial charge in [-0.25, -0.2) is 4.98 Å². The number of primary amides is 1. The predicted molar refractivity (Wildman–Crippen MR) is 62.2 cm³/mol. The van der Waals surface area contributed by atoms with Crippen LogP contribution in [-0.4, -0.2) is 47.9 Å². The van der Waals surface area contributed by atoms with E-state index in [1.165, 1.54) is 4.90 Å². The molecule has 1 saturated heterocycles. The van der Waals surface area contributed by atoms with Gasteiger partial charge in [0.2, 0.25) is 0 Å². The van der Waals surface area contributed by atoms with E-state index >= 15 is 0 Å². The van der Waals surface area contributed by atoms with E-state index in [4.69, 9.17) is 5.73 Å². The molecule has 0 atom stereocenters. The van der Waals surface area contributed by atoms with Gasteiger partial charge >= 0.3 is 11.8 Å². The summed E-state index contributed by atoms with van der Waals surface area (Å²) in [5.74, 6) is -0.611. The van der Waals surface area contributed by atoms with Crippen molar-refractivity contribution in [2.75, 3.05) is 31.1 Å². The van der Waals surface area contributed by atoms with Crippen LogP contribution in [-0.2, 0) is 9.59 Å². The Bertz CT molecular complexity index is 413. The Hall–Kier alpha value is -2.11. The molecule has 0 bridgehead atoms. The van der Waals surface area contributed by atoms with Crippen molar-refractivity contribution in [1.29, 1.82) is 0 Å². The van der Waals surface area contributed by atoms with Crippen LogP contribution >= 0.6 is 0 Å². The molecule has 6 heteroatoms. The lowest BCUT2D eigenvalue weighted by Gasteiger charge is -2.34. The summed E-state index contributed by atoms with van der Waals surface area (Å²) in [5, 5.41) is 0. The molecule has 0 aromatic carbocycles. The average molecular weight is 234 g/mol. The fourth-order valence-corrected chi connectivity index (χ4v) is 1.84. The van der Waals surface area contributed by atoms with Crippen LogP contribution in [0.1, 0.15) is 0 Å². The second-order valence-corrected chi connectivity index (χ2v) is 3.83. The monoisotopic (exact) mass is 234 g/mol. The second-order valence-electron chi connectivity index (χ2n) is 3.83. The number of anilines is 1. The van der Waals surface area contributed by atoms with Gasteiger partial charge in [-0.1, -0.05) is 6.07 Å². The first-order valence-electron chi connectivity index (χ1n) is 5.43. The number of rotatable bonds is 1. The predicted octanol–water partition coefficient (Wildman–Crippen LogP) is -0.784. The van der Waals surface area contributed by atoms with Gasteiger partial charge in [0.1, 0.15) is 5.82 Å². The van der Waals surface area contributed by atoms with Crippen molar-refractivity contribution >= 4 is 17.6 Å². The van der Waals surface area contributed by atoms with Crippen molar-refractivity contribution in [3.05, 3.63) is 24.4 Å². The molecule has 1 aliphatic heterocycles. The normalized spacial score (nSPS) is 15.8. The van der Waals surface area contributed by atoms with Gasteiger partial charge in [-0.05, 0) is 12.1 Å². The first-order valence-corrected chi connectivity index (χ1v) is 5.43. The third-order valence-corrected chi connectivity index (χ3v) is 2.75. The molecule has 90 valence electrons. The topological polar surface area (TPSA) is 79.5 Å². The van der Waals surface area contributed by atoms with E-state index in [9.17, 15) is 9.59 Å². The minimum absolute atomic E-state index is 0.498. The van der Waals surface area contributed by atoms with Gasteiger partial charge in [0.25, 0.3) is 0 Å². The van der Waals surface area contributed by atoms with Crippen LogP contribution < -0.4 is 10.6 Å². The third kappa shape index (κ3) is 2.52. The summed E-state index contributed by atoms with van der Waals surface area (Å²) in [5.41, 5.74) is 4.96. The molecule has 6 nitrogen and oxygen atoms in total. The van der Waals surface area contributed by atoms with Crippen LogP contribution in [0, 0.1) is 0 Å². The highest BCUT2D eigenvalue weighted by Gasteiger charge is 2.24. The molecular weight excluding hydrogens is 220 g/mol. The molecule has 1 aliphatic rings. The number of carbonyl (C=O) groups excluding carboxylic acids is 2. The van der Waals surface area contributed by atoms with Crippen molar-refractivity contribution in [3.63, 3.8) is 0 Å². The zero-order chi connectivity index (χ0) is 12.3. The smallest absolute Gasteiger partial charge is 0.311 e. The van der Waals surface area contributed by atoms with Crippen molar-refractivity contribution in [1.82, 2.24) is 9.88 Å². The van der Waals surface area contributed by atoms with Crippen LogP contribution in [0.5, 0.6) is 0 Å². The molecule has 2 rings (SSSR count). The van der Waals surface area contributed by atoms with E-state index in [0.717, 1.165) is 5.82 Å². The minimum atomic E-state index is -0.892. The quantitative estimate of drug-likeness (QED) is 0.646. The molecular formula is C11H14N4O2. The highest BCUT2D eigenvalue weighted by molar-refractivity contribution is 6.34. The van der Waals surface area contributed by atoms with Gasteiger partial charge in [-0.2, -0.15) is 0 Å². The van der Waals surface area contributed by atoms with Crippen LogP contribution in [0.4, 0.5) is 5.82 Å². The molecule has 0 aliphatic carbocycles. The lowest BCUT2D eigenvalue weighted by atomic mass is 10.3. The molecule has 17 heavy (non-hydrogen) atoms. The fraction of sp³-hybridized carbons (Fsp3) is 0.364. The van der Waals surface area contributed by atoms with E-state index in [1.54, 1.807) is 6.20 Å². The van der Waals surface area contributed by atoms with E-state index in [-0.39, 0.29) is 0 Å². The average Bonchev–Trinajstić information content (AvgIpc) is 2.39. The van der Waals surface area contributed by atoms with Gasteiger partial charge in [0, 0.05) is 32.4 Å². The zero-order valence-electron chi connectivity index (χ0n) is 9.37. The Morgan fingerprint density at radius 3 is 2.41 bits per heavy atom. The number of hydrogen-bond donors (Lipinski definition) is 1. The first-order chi connectivity index (χ1) is 8.18. The number of hydrogen-bond acceptors (Lipinski definition) is 4. The largest absolute Gasteiger partial charge is 0.361 e. The van der Waals surface area contributed by atoms with Gasteiger partial charge in [-0.15, -0.1) is 0 Å². The molecule has 0 saturated carbocycles. The Balaban J connectivity index is 1.95. The summed E-state index contributed by atoms with van der Waals surface area (Å²) in [7, 11) is 0. The Morgan fingerprint density at radius 1 is 1.18 bits per heavy atom. The fourth-order valence-electron chi connectivity index (χ4n) is 1.84. The molecule has 0 unspecified atom stereocenters. The van der Waals surface area contributed by atoms with Crippen molar-refractivity contribution in [3.8, 4) is 0 Å². The van der Waals surface area contributed by atoms with Crippen LogP contribution in [0.15, 0.2) is 24.4 Å². The third-order valence-electron chi connectivity index (χ3n) is 2.75. The number of nitrogens with two attached hydrogens (primary N) is 1.